The third-order valence-electron chi connectivity index (χ3n) is 3.18. The predicted octanol–water partition coefficient (Wildman–Crippen LogP) is 3.83. The smallest absolute Gasteiger partial charge is 0.478 e. The zero-order chi connectivity index (χ0) is 20.0. The molecule has 0 saturated heterocycles. The van der Waals surface area contributed by atoms with Gasteiger partial charge in [0.2, 0.25) is 0 Å². The number of benzene rings is 2. The van der Waals surface area contributed by atoms with E-state index in [2.05, 4.69) is 10.1 Å². The van der Waals surface area contributed by atoms with Gasteiger partial charge in [0, 0.05) is 5.69 Å². The molecule has 0 aliphatic rings. The molecule has 0 aromatic heterocycles. The molecule has 0 heterocycles. The Labute approximate surface area is 151 Å². The van der Waals surface area contributed by atoms with E-state index >= 15 is 0 Å². The minimum absolute atomic E-state index is 0.0326. The summed E-state index contributed by atoms with van der Waals surface area (Å²) in [5.74, 6) is -2.30. The summed E-state index contributed by atoms with van der Waals surface area (Å²) in [6.45, 7) is 0. The van der Waals surface area contributed by atoms with Crippen molar-refractivity contribution in [1.29, 1.82) is 5.26 Å². The van der Waals surface area contributed by atoms with E-state index in [1.807, 2.05) is 0 Å². The van der Waals surface area contributed by atoms with Crippen LogP contribution in [0.2, 0.25) is 0 Å². The summed E-state index contributed by atoms with van der Waals surface area (Å²) in [5.41, 5.74) is 0.338. The molecule has 0 unspecified atom stereocenters. The van der Waals surface area contributed by atoms with Gasteiger partial charge in [-0.05, 0) is 48.0 Å². The van der Waals surface area contributed by atoms with Gasteiger partial charge in [-0.3, -0.25) is 4.79 Å². The van der Waals surface area contributed by atoms with Crippen molar-refractivity contribution in [3.8, 4) is 11.8 Å². The number of nitrogens with one attached hydrogen (secondary N) is 1. The number of carboxylic acids is 1. The van der Waals surface area contributed by atoms with Crippen LogP contribution in [0.15, 0.2) is 54.1 Å². The van der Waals surface area contributed by atoms with Crippen molar-refractivity contribution in [3.05, 3.63) is 65.2 Å². The van der Waals surface area contributed by atoms with Gasteiger partial charge in [0.1, 0.15) is 17.4 Å². The average Bonchev–Trinajstić information content (AvgIpc) is 2.60. The molecule has 9 heteroatoms. The van der Waals surface area contributed by atoms with Crippen LogP contribution in [0.3, 0.4) is 0 Å². The number of amides is 1. The number of ether oxygens (including phenoxy) is 1. The summed E-state index contributed by atoms with van der Waals surface area (Å²) in [6.07, 6.45) is -3.62. The first-order valence-electron chi connectivity index (χ1n) is 7.30. The highest BCUT2D eigenvalue weighted by Gasteiger charge is 2.30. The Morgan fingerprint density at radius 3 is 2.15 bits per heavy atom. The summed E-state index contributed by atoms with van der Waals surface area (Å²) in [7, 11) is 0. The van der Waals surface area contributed by atoms with Crippen LogP contribution in [-0.4, -0.2) is 23.3 Å². The lowest BCUT2D eigenvalue weighted by atomic mass is 10.1. The summed E-state index contributed by atoms with van der Waals surface area (Å²) < 4.78 is 40.1. The highest BCUT2D eigenvalue weighted by molar-refractivity contribution is 6.09. The normalized spacial score (nSPS) is 11.4. The fraction of sp³-hybridized carbons (Fsp3) is 0.0556. The van der Waals surface area contributed by atoms with E-state index in [9.17, 15) is 22.8 Å². The van der Waals surface area contributed by atoms with Crippen molar-refractivity contribution in [2.24, 2.45) is 0 Å². The lowest BCUT2D eigenvalue weighted by Gasteiger charge is -2.08. The summed E-state index contributed by atoms with van der Waals surface area (Å²) in [6, 6.07) is 11.6. The van der Waals surface area contributed by atoms with Gasteiger partial charge in [-0.1, -0.05) is 12.1 Å². The van der Waals surface area contributed by atoms with Crippen molar-refractivity contribution in [2.45, 2.75) is 6.36 Å². The van der Waals surface area contributed by atoms with E-state index in [1.54, 1.807) is 6.07 Å². The Morgan fingerprint density at radius 1 is 1.07 bits per heavy atom. The lowest BCUT2D eigenvalue weighted by Crippen LogP contribution is -2.17. The van der Waals surface area contributed by atoms with Gasteiger partial charge in [-0.2, -0.15) is 5.26 Å². The van der Waals surface area contributed by atoms with Gasteiger partial charge < -0.3 is 15.2 Å². The third-order valence-corrected chi connectivity index (χ3v) is 3.18. The molecule has 0 radical (unpaired) electrons. The van der Waals surface area contributed by atoms with E-state index < -0.39 is 24.0 Å². The molecule has 2 aromatic rings. The van der Waals surface area contributed by atoms with Crippen LogP contribution in [0, 0.1) is 11.3 Å². The number of carboxylic acid groups (broad SMARTS) is 1. The quantitative estimate of drug-likeness (QED) is 0.610. The molecule has 138 valence electrons. The van der Waals surface area contributed by atoms with Gasteiger partial charge in [0.25, 0.3) is 5.91 Å². The van der Waals surface area contributed by atoms with Crippen LogP contribution in [0.25, 0.3) is 6.08 Å². The highest BCUT2D eigenvalue weighted by atomic mass is 19.4. The monoisotopic (exact) mass is 376 g/mol. The zero-order valence-electron chi connectivity index (χ0n) is 13.4. The molecule has 0 aliphatic heterocycles. The molecule has 0 fully saturated rings. The van der Waals surface area contributed by atoms with Crippen LogP contribution >= 0.6 is 0 Å². The zero-order valence-corrected chi connectivity index (χ0v) is 13.4. The number of alkyl halides is 3. The molecule has 0 aliphatic carbocycles. The van der Waals surface area contributed by atoms with Crippen LogP contribution in [0.1, 0.15) is 15.9 Å². The van der Waals surface area contributed by atoms with Gasteiger partial charge in [-0.15, -0.1) is 13.2 Å². The number of nitrogens with zero attached hydrogens (tertiary/aromatic N) is 1. The van der Waals surface area contributed by atoms with Crippen molar-refractivity contribution >= 4 is 23.6 Å². The molecule has 27 heavy (non-hydrogen) atoms. The van der Waals surface area contributed by atoms with Crippen molar-refractivity contribution < 1.29 is 32.6 Å². The number of carbonyl (C=O) groups excluding carboxylic acids is 1. The second-order valence-electron chi connectivity index (χ2n) is 5.12. The first-order valence-corrected chi connectivity index (χ1v) is 7.30. The van der Waals surface area contributed by atoms with Crippen molar-refractivity contribution in [3.63, 3.8) is 0 Å². The molecule has 0 spiro atoms. The second-order valence-corrected chi connectivity index (χ2v) is 5.12. The maximum atomic E-state index is 12.1. The maximum absolute atomic E-state index is 12.1. The van der Waals surface area contributed by atoms with Gasteiger partial charge in [0.05, 0.1) is 5.56 Å². The fourth-order valence-corrected chi connectivity index (χ4v) is 1.98. The lowest BCUT2D eigenvalue weighted by molar-refractivity contribution is -0.274. The largest absolute Gasteiger partial charge is 0.573 e. The van der Waals surface area contributed by atoms with E-state index in [4.69, 9.17) is 10.4 Å². The van der Waals surface area contributed by atoms with Gasteiger partial charge in [0.15, 0.2) is 0 Å². The number of anilines is 1. The number of halogens is 3. The Kier molecular flexibility index (Phi) is 5.82. The van der Waals surface area contributed by atoms with Crippen LogP contribution in [-0.2, 0) is 4.79 Å². The molecule has 2 N–H and O–H groups in total. The minimum Gasteiger partial charge on any atom is -0.478 e. The number of carbonyl (C=O) groups is 2. The Hall–Kier alpha value is -3.80. The van der Waals surface area contributed by atoms with E-state index in [-0.39, 0.29) is 16.8 Å². The van der Waals surface area contributed by atoms with E-state index in [0.29, 0.717) is 5.56 Å². The Morgan fingerprint density at radius 2 is 1.67 bits per heavy atom. The molecule has 0 saturated carbocycles. The van der Waals surface area contributed by atoms with Gasteiger partial charge >= 0.3 is 12.3 Å². The van der Waals surface area contributed by atoms with Crippen LogP contribution in [0.5, 0.6) is 5.75 Å². The number of hydrogen-bond acceptors (Lipinski definition) is 4. The molecule has 2 rings (SSSR count). The Bertz CT molecular complexity index is 912. The third kappa shape index (κ3) is 5.89. The molecule has 2 aromatic carbocycles. The SMILES string of the molecule is N#C/C(=C\c1ccc(OC(F)(F)F)cc1)C(=O)Nc1ccc(C(=O)O)cc1. The number of rotatable bonds is 5. The molecule has 6 nitrogen and oxygen atoms in total. The van der Waals surface area contributed by atoms with E-state index in [0.717, 1.165) is 12.1 Å². The minimum atomic E-state index is -4.81. The van der Waals surface area contributed by atoms with Crippen LogP contribution in [0.4, 0.5) is 18.9 Å². The van der Waals surface area contributed by atoms with Gasteiger partial charge in [-0.25, -0.2) is 4.79 Å². The number of hydrogen-bond donors (Lipinski definition) is 2. The summed E-state index contributed by atoms with van der Waals surface area (Å²) in [5, 5.41) is 20.4. The Balaban J connectivity index is 2.11. The van der Waals surface area contributed by atoms with Crippen LogP contribution < -0.4 is 10.1 Å². The standard InChI is InChI=1S/C18H11F3N2O4/c19-18(20,21)27-15-7-1-11(2-8-15)9-13(10-22)16(24)23-14-5-3-12(4-6-14)17(25)26/h1-9H,(H,23,24)(H,25,26)/b13-9+. The van der Waals surface area contributed by atoms with Crippen molar-refractivity contribution in [2.75, 3.05) is 5.32 Å². The molecule has 1 amide bonds. The topological polar surface area (TPSA) is 99.4 Å². The summed E-state index contributed by atoms with van der Waals surface area (Å²) in [4.78, 5) is 22.9. The number of nitriles is 1. The average molecular weight is 376 g/mol. The van der Waals surface area contributed by atoms with Crippen molar-refractivity contribution in [1.82, 2.24) is 0 Å². The number of aromatic carboxylic acids is 1. The fourth-order valence-electron chi connectivity index (χ4n) is 1.98. The van der Waals surface area contributed by atoms with E-state index in [1.165, 1.54) is 42.5 Å². The molecule has 0 atom stereocenters. The predicted molar refractivity (Wildman–Crippen MR) is 88.7 cm³/mol. The first kappa shape index (κ1) is 19.5. The first-order chi connectivity index (χ1) is 12.7. The maximum Gasteiger partial charge on any atom is 0.573 e. The summed E-state index contributed by atoms with van der Waals surface area (Å²) >= 11 is 0. The molecule has 0 bridgehead atoms. The second kappa shape index (κ2) is 8.05. The highest BCUT2D eigenvalue weighted by Crippen LogP contribution is 2.23. The molecular weight excluding hydrogens is 365 g/mol. The molecular formula is C18H11F3N2O4.